The summed E-state index contributed by atoms with van der Waals surface area (Å²) in [6, 6.07) is 3.54. The highest BCUT2D eigenvalue weighted by Gasteiger charge is 2.08. The lowest BCUT2D eigenvalue weighted by atomic mass is 10.1. The molecular formula is C12H10N2O4. The molecule has 0 saturated heterocycles. The van der Waals surface area contributed by atoms with E-state index in [1.54, 1.807) is 24.5 Å². The molecule has 0 atom stereocenters. The number of fused-ring (bicyclic) bond motifs is 1. The Balaban J connectivity index is 2.44. The molecule has 1 heterocycles. The van der Waals surface area contributed by atoms with Crippen LogP contribution in [0.5, 0.6) is 0 Å². The van der Waals surface area contributed by atoms with E-state index < -0.39 is 0 Å². The van der Waals surface area contributed by atoms with E-state index in [1.807, 2.05) is 0 Å². The molecule has 0 aliphatic rings. The third-order valence-corrected chi connectivity index (χ3v) is 2.41. The summed E-state index contributed by atoms with van der Waals surface area (Å²) < 4.78 is 9.43. The van der Waals surface area contributed by atoms with Crippen molar-refractivity contribution in [3.63, 3.8) is 0 Å². The van der Waals surface area contributed by atoms with Gasteiger partial charge in [0, 0.05) is 23.5 Å². The van der Waals surface area contributed by atoms with Crippen molar-refractivity contribution in [3.05, 3.63) is 35.7 Å². The van der Waals surface area contributed by atoms with E-state index >= 15 is 0 Å². The molecule has 18 heavy (non-hydrogen) atoms. The molecule has 1 aromatic carbocycles. The van der Waals surface area contributed by atoms with Gasteiger partial charge in [-0.05, 0) is 0 Å². The van der Waals surface area contributed by atoms with Gasteiger partial charge >= 0.3 is 0 Å². The number of ether oxygens (including phenoxy) is 2. The maximum Gasteiger partial charge on any atom is 0.293 e. The molecule has 0 aliphatic carbocycles. The second kappa shape index (κ2) is 5.72. The first-order valence-corrected chi connectivity index (χ1v) is 5.18. The average Bonchev–Trinajstić information content (AvgIpc) is 2.43. The highest BCUT2D eigenvalue weighted by atomic mass is 16.5. The van der Waals surface area contributed by atoms with Crippen molar-refractivity contribution in [2.24, 2.45) is 0 Å². The zero-order chi connectivity index (χ0) is 12.8. The Morgan fingerprint density at radius 2 is 1.33 bits per heavy atom. The van der Waals surface area contributed by atoms with E-state index in [1.165, 1.54) is 0 Å². The average molecular weight is 246 g/mol. The van der Waals surface area contributed by atoms with Gasteiger partial charge in [-0.2, -0.15) is 0 Å². The molecule has 6 nitrogen and oxygen atoms in total. The number of carbonyl (C=O) groups is 2. The zero-order valence-corrected chi connectivity index (χ0v) is 9.41. The number of hydrogen-bond donors (Lipinski definition) is 0. The monoisotopic (exact) mass is 246 g/mol. The molecule has 92 valence electrons. The van der Waals surface area contributed by atoms with Crippen LogP contribution < -0.4 is 0 Å². The van der Waals surface area contributed by atoms with Crippen LogP contribution >= 0.6 is 0 Å². The van der Waals surface area contributed by atoms with Crippen LogP contribution in [0.1, 0.15) is 11.1 Å². The van der Waals surface area contributed by atoms with Gasteiger partial charge < -0.3 is 9.47 Å². The van der Waals surface area contributed by atoms with Gasteiger partial charge in [-0.3, -0.25) is 19.6 Å². The largest absolute Gasteiger partial charge is 0.463 e. The van der Waals surface area contributed by atoms with E-state index in [0.717, 1.165) is 11.1 Å². The molecule has 2 rings (SSSR count). The maximum atomic E-state index is 10.2. The highest BCUT2D eigenvalue weighted by molar-refractivity contribution is 5.81. The summed E-state index contributed by atoms with van der Waals surface area (Å²) >= 11 is 0. The van der Waals surface area contributed by atoms with Crippen LogP contribution in [0, 0.1) is 0 Å². The van der Waals surface area contributed by atoms with Crippen LogP contribution in [0.25, 0.3) is 11.0 Å². The smallest absolute Gasteiger partial charge is 0.293 e. The van der Waals surface area contributed by atoms with Gasteiger partial charge in [-0.25, -0.2) is 0 Å². The van der Waals surface area contributed by atoms with Crippen molar-refractivity contribution in [2.45, 2.75) is 13.2 Å². The first kappa shape index (κ1) is 12.0. The van der Waals surface area contributed by atoms with E-state index in [0.29, 0.717) is 24.0 Å². The van der Waals surface area contributed by atoms with Crippen molar-refractivity contribution in [1.29, 1.82) is 0 Å². The summed E-state index contributed by atoms with van der Waals surface area (Å²) in [6.07, 6.45) is 3.11. The zero-order valence-electron chi connectivity index (χ0n) is 9.41. The summed E-state index contributed by atoms with van der Waals surface area (Å²) in [4.78, 5) is 28.8. The van der Waals surface area contributed by atoms with Gasteiger partial charge in [0.1, 0.15) is 13.2 Å². The minimum atomic E-state index is 0.132. The lowest BCUT2D eigenvalue weighted by Gasteiger charge is -2.08. The second-order valence-electron chi connectivity index (χ2n) is 3.45. The summed E-state index contributed by atoms with van der Waals surface area (Å²) in [5, 5.41) is 0. The van der Waals surface area contributed by atoms with Gasteiger partial charge in [-0.1, -0.05) is 12.1 Å². The third-order valence-electron chi connectivity index (χ3n) is 2.41. The van der Waals surface area contributed by atoms with Gasteiger partial charge in [0.2, 0.25) is 0 Å². The van der Waals surface area contributed by atoms with E-state index in [2.05, 4.69) is 9.97 Å². The van der Waals surface area contributed by atoms with Crippen molar-refractivity contribution in [3.8, 4) is 0 Å². The maximum absolute atomic E-state index is 10.2. The second-order valence-corrected chi connectivity index (χ2v) is 3.45. The Morgan fingerprint density at radius 1 is 0.889 bits per heavy atom. The lowest BCUT2D eigenvalue weighted by molar-refractivity contribution is -0.130. The predicted octanol–water partition coefficient (Wildman–Crippen LogP) is 0.976. The predicted molar refractivity (Wildman–Crippen MR) is 61.2 cm³/mol. The Labute approximate surface area is 103 Å². The summed E-state index contributed by atoms with van der Waals surface area (Å²) in [5.41, 5.74) is 2.76. The number of benzene rings is 1. The van der Waals surface area contributed by atoms with Gasteiger partial charge in [0.15, 0.2) is 0 Å². The Hall–Kier alpha value is -2.50. The van der Waals surface area contributed by atoms with Gasteiger partial charge in [-0.15, -0.1) is 0 Å². The van der Waals surface area contributed by atoms with E-state index in [-0.39, 0.29) is 13.2 Å². The first-order valence-electron chi connectivity index (χ1n) is 5.18. The summed E-state index contributed by atoms with van der Waals surface area (Å²) in [5.74, 6) is 0. The standard InChI is InChI=1S/C12H10N2O4/c15-7-17-5-9-1-2-10(6-18-8-16)12-11(9)13-3-4-14-12/h1-4,7-8H,5-6H2. The Bertz CT molecular complexity index is 521. The fourth-order valence-electron chi connectivity index (χ4n) is 1.65. The molecule has 0 spiro atoms. The van der Waals surface area contributed by atoms with E-state index in [9.17, 15) is 9.59 Å². The molecule has 0 saturated carbocycles. The summed E-state index contributed by atoms with van der Waals surface area (Å²) in [7, 11) is 0. The lowest BCUT2D eigenvalue weighted by Crippen LogP contribution is -1.99. The quantitative estimate of drug-likeness (QED) is 0.707. The topological polar surface area (TPSA) is 78.4 Å². The molecule has 0 unspecified atom stereocenters. The fourth-order valence-corrected chi connectivity index (χ4v) is 1.65. The van der Waals surface area contributed by atoms with Crippen LogP contribution in [0.3, 0.4) is 0 Å². The minimum absolute atomic E-state index is 0.132. The molecule has 0 amide bonds. The van der Waals surface area contributed by atoms with Crippen molar-refractivity contribution in [2.75, 3.05) is 0 Å². The molecule has 2 aromatic rings. The fraction of sp³-hybridized carbons (Fsp3) is 0.167. The molecule has 0 fully saturated rings. The molecule has 1 aromatic heterocycles. The van der Waals surface area contributed by atoms with Crippen molar-refractivity contribution in [1.82, 2.24) is 9.97 Å². The SMILES string of the molecule is O=COCc1ccc(COC=O)c2nccnc12. The number of carbonyl (C=O) groups excluding carboxylic acids is 2. The Morgan fingerprint density at radius 3 is 1.72 bits per heavy atom. The number of aromatic nitrogens is 2. The number of nitrogens with zero attached hydrogens (tertiary/aromatic N) is 2. The molecule has 0 N–H and O–H groups in total. The highest BCUT2D eigenvalue weighted by Crippen LogP contribution is 2.20. The Kier molecular flexibility index (Phi) is 3.80. The van der Waals surface area contributed by atoms with E-state index in [4.69, 9.17) is 9.47 Å². The van der Waals surface area contributed by atoms with Crippen molar-refractivity contribution >= 4 is 24.0 Å². The number of hydrogen-bond acceptors (Lipinski definition) is 6. The van der Waals surface area contributed by atoms with Crippen molar-refractivity contribution < 1.29 is 19.1 Å². The first-order chi connectivity index (χ1) is 8.86. The molecule has 6 heteroatoms. The van der Waals surface area contributed by atoms with Crippen LogP contribution in [-0.2, 0) is 32.3 Å². The van der Waals surface area contributed by atoms with Crippen LogP contribution in [0.4, 0.5) is 0 Å². The molecule has 0 bridgehead atoms. The normalized spacial score (nSPS) is 10.0. The molecule has 0 aliphatic heterocycles. The van der Waals surface area contributed by atoms with Crippen LogP contribution in [0.15, 0.2) is 24.5 Å². The molecule has 0 radical (unpaired) electrons. The third kappa shape index (κ3) is 2.42. The van der Waals surface area contributed by atoms with Gasteiger partial charge in [0.25, 0.3) is 12.9 Å². The van der Waals surface area contributed by atoms with Crippen LogP contribution in [0.2, 0.25) is 0 Å². The van der Waals surface area contributed by atoms with Crippen LogP contribution in [-0.4, -0.2) is 22.9 Å². The molecular weight excluding hydrogens is 236 g/mol. The van der Waals surface area contributed by atoms with Gasteiger partial charge in [0.05, 0.1) is 11.0 Å². The summed E-state index contributed by atoms with van der Waals surface area (Å²) in [6.45, 7) is 1.03. The number of rotatable bonds is 6. The minimum Gasteiger partial charge on any atom is -0.463 e.